The molecule has 1 aromatic rings. The maximum Gasteiger partial charge on any atom is 0.328 e. The van der Waals surface area contributed by atoms with Crippen LogP contribution in [0, 0.1) is 17.3 Å². The second-order valence-corrected chi connectivity index (χ2v) is 20.5. The zero-order valence-electron chi connectivity index (χ0n) is 45.2. The second-order valence-electron chi connectivity index (χ2n) is 20.5. The quantitative estimate of drug-likeness (QED) is 0.0177. The van der Waals surface area contributed by atoms with Crippen molar-refractivity contribution in [2.24, 2.45) is 50.2 Å². The third-order valence-electron chi connectivity index (χ3n) is 14.7. The largest absolute Gasteiger partial charge is 0.484 e. The van der Waals surface area contributed by atoms with Crippen molar-refractivity contribution in [2.45, 2.75) is 132 Å². The number of hydrogen-bond acceptors (Lipinski definition) is 17. The zero-order chi connectivity index (χ0) is 60.8. The van der Waals surface area contributed by atoms with Crippen LogP contribution in [0.4, 0.5) is 0 Å². The number of carboxylic acids is 3. The number of amides is 8. The smallest absolute Gasteiger partial charge is 0.328 e. The molecule has 0 heterocycles. The molecule has 8 amide bonds. The van der Waals surface area contributed by atoms with Crippen LogP contribution in [-0.4, -0.2) is 196 Å². The van der Waals surface area contributed by atoms with Crippen LogP contribution in [0.2, 0.25) is 0 Å². The van der Waals surface area contributed by atoms with Crippen LogP contribution in [0.1, 0.15) is 94.6 Å². The van der Waals surface area contributed by atoms with Crippen LogP contribution >= 0.6 is 0 Å². The highest BCUT2D eigenvalue weighted by molar-refractivity contribution is 5.98. The summed E-state index contributed by atoms with van der Waals surface area (Å²) in [5.41, 5.74) is 23.9. The Morgan fingerprint density at radius 3 is 1.61 bits per heavy atom. The predicted molar refractivity (Wildman–Crippen MR) is 286 cm³/mol. The van der Waals surface area contributed by atoms with E-state index in [0.717, 1.165) is 44.1 Å². The number of aryl methyl sites for hydroxylation is 1. The van der Waals surface area contributed by atoms with Gasteiger partial charge in [0, 0.05) is 13.1 Å². The molecule has 32 nitrogen and oxygen atoms in total. The molecule has 0 aromatic heterocycles. The molecule has 11 atom stereocenters. The van der Waals surface area contributed by atoms with Crippen molar-refractivity contribution < 1.29 is 88.1 Å². The molecule has 0 bridgehead atoms. The standard InChI is InChI=1S/C50H76N14O18/c1-50-13-12-27-26-9-7-25(16-24(26)6-8-28(27)29(50)10-11-36(50)67)82-23-39(70)59-30(4-2-14-55-48(51)52)42(75)57-19-37(68)60-32(17-40(71)72)44(77)63-34(21-65)46(79)62-31(5-3-15-56-49(53)54)43(76)58-20-38(69)61-33(18-41(73)74)45(78)64-35(22-66)47(80)81/h7,9,16,27-36,65-67H,2-6,8,10-15,17-23H2,1H3,(H,57,75)(H,58,76)(H,59,70)(H,60,68)(H,61,69)(H,62,79)(H,63,77)(H,64,78)(H,71,72)(H,73,74)(H,80,81)(H4,51,52,55)(H4,53,54,56)/t27-,28-,29+,30+,31+,32+,33+,34+,35+,36+,50+/m1/s1. The molecule has 454 valence electrons. The summed E-state index contributed by atoms with van der Waals surface area (Å²) in [5, 5.41) is 75.4. The fourth-order valence-electron chi connectivity index (χ4n) is 10.6. The van der Waals surface area contributed by atoms with E-state index < -0.39 is 147 Å². The van der Waals surface area contributed by atoms with Crippen LogP contribution in [0.3, 0.4) is 0 Å². The van der Waals surface area contributed by atoms with Gasteiger partial charge in [0.25, 0.3) is 5.91 Å². The number of aliphatic hydroxyl groups is 3. The molecule has 2 fully saturated rings. The fraction of sp³-hybridized carbons (Fsp3) is 0.620. The summed E-state index contributed by atoms with van der Waals surface area (Å²) in [7, 11) is 0. The van der Waals surface area contributed by atoms with E-state index in [4.69, 9.17) is 32.8 Å². The van der Waals surface area contributed by atoms with Crippen LogP contribution in [0.25, 0.3) is 0 Å². The van der Waals surface area contributed by atoms with Gasteiger partial charge in [-0.1, -0.05) is 13.0 Å². The van der Waals surface area contributed by atoms with E-state index in [0.29, 0.717) is 23.5 Å². The molecule has 0 aliphatic heterocycles. The zero-order valence-corrected chi connectivity index (χ0v) is 45.2. The number of fused-ring (bicyclic) bond motifs is 5. The number of aliphatic carboxylic acids is 3. The second kappa shape index (κ2) is 31.6. The molecule has 1 aromatic carbocycles. The first-order valence-corrected chi connectivity index (χ1v) is 26.5. The summed E-state index contributed by atoms with van der Waals surface area (Å²) >= 11 is 0. The third-order valence-corrected chi connectivity index (χ3v) is 14.7. The lowest BCUT2D eigenvalue weighted by Crippen LogP contribution is -2.59. The highest BCUT2D eigenvalue weighted by Crippen LogP contribution is 2.61. The third kappa shape index (κ3) is 20.0. The Labute approximate surface area is 470 Å². The van der Waals surface area contributed by atoms with E-state index in [-0.39, 0.29) is 62.2 Å². The first kappa shape index (κ1) is 66.1. The fourth-order valence-corrected chi connectivity index (χ4v) is 10.6. The minimum absolute atomic E-state index is 0.0112. The van der Waals surface area contributed by atoms with E-state index >= 15 is 0 Å². The summed E-state index contributed by atoms with van der Waals surface area (Å²) in [6, 6.07) is -4.72. The van der Waals surface area contributed by atoms with E-state index in [1.165, 1.54) is 5.56 Å². The Hall–Kier alpha value is -8.39. The number of carboxylic acid groups (broad SMARTS) is 3. The molecule has 4 rings (SSSR count). The van der Waals surface area contributed by atoms with Crippen molar-refractivity contribution >= 4 is 77.1 Å². The number of carbonyl (C=O) groups excluding carboxylic acids is 8. The number of nitrogens with zero attached hydrogens (tertiary/aromatic N) is 2. The summed E-state index contributed by atoms with van der Waals surface area (Å²) in [6.45, 7) is -2.37. The Balaban J connectivity index is 1.35. The average molecular weight is 1160 g/mol. The average Bonchev–Trinajstić information content (AvgIpc) is 3.51. The Morgan fingerprint density at radius 2 is 1.11 bits per heavy atom. The van der Waals surface area contributed by atoms with Gasteiger partial charge in [-0.2, -0.15) is 0 Å². The van der Waals surface area contributed by atoms with Crippen molar-refractivity contribution in [3.63, 3.8) is 0 Å². The van der Waals surface area contributed by atoms with Crippen LogP contribution in [0.5, 0.6) is 5.75 Å². The lowest BCUT2D eigenvalue weighted by atomic mass is 9.55. The SMILES string of the molecule is C[C@]12CC[C@@H]3c4ccc(OCC(=O)N[C@@H](CCCN=C(N)N)C(=O)NCC(=O)N[C@@H](CC(=O)O)C(=O)N[C@@H](CO)C(=O)N[C@@H](CCCN=C(N)N)C(=O)NCC(=O)N[C@@H](CC(=O)O)C(=O)N[C@@H](CO)C(=O)O)cc4CC[C@H]3[C@@H]1CC[C@@H]2O. The molecular weight excluding hydrogens is 1080 g/mol. The number of aliphatic imine (C=N–C) groups is 2. The van der Waals surface area contributed by atoms with Crippen LogP contribution < -0.4 is 70.2 Å². The number of benzene rings is 1. The van der Waals surface area contributed by atoms with E-state index in [1.807, 2.05) is 22.8 Å². The number of aliphatic hydroxyl groups excluding tert-OH is 3. The molecule has 22 N–H and O–H groups in total. The molecule has 0 unspecified atom stereocenters. The number of carbonyl (C=O) groups is 11. The number of nitrogens with two attached hydrogens (primary N) is 4. The first-order valence-electron chi connectivity index (χ1n) is 26.5. The maximum absolute atomic E-state index is 13.5. The highest BCUT2D eigenvalue weighted by atomic mass is 16.5. The van der Waals surface area contributed by atoms with E-state index in [2.05, 4.69) is 48.8 Å². The van der Waals surface area contributed by atoms with Crippen molar-refractivity contribution in [3.05, 3.63) is 29.3 Å². The number of hydrogen-bond donors (Lipinski definition) is 18. The van der Waals surface area contributed by atoms with Gasteiger partial charge >= 0.3 is 17.9 Å². The van der Waals surface area contributed by atoms with Gasteiger partial charge in [-0.05, 0) is 111 Å². The predicted octanol–water partition coefficient (Wildman–Crippen LogP) is -6.45. The highest BCUT2D eigenvalue weighted by Gasteiger charge is 2.54. The molecular formula is C50H76N14O18. The topological polar surface area (TPSA) is 543 Å². The normalized spacial score (nSPS) is 20.7. The summed E-state index contributed by atoms with van der Waals surface area (Å²) in [5.74, 6) is -12.5. The number of ether oxygens (including phenoxy) is 1. The first-order chi connectivity index (χ1) is 38.8. The van der Waals surface area contributed by atoms with Crippen molar-refractivity contribution in [2.75, 3.05) is 46.0 Å². The van der Waals surface area contributed by atoms with Gasteiger partial charge in [0.2, 0.25) is 41.4 Å². The van der Waals surface area contributed by atoms with Gasteiger partial charge in [-0.3, -0.25) is 57.9 Å². The van der Waals surface area contributed by atoms with Crippen molar-refractivity contribution in [1.82, 2.24) is 42.5 Å². The molecule has 0 radical (unpaired) electrons. The number of nitrogens with one attached hydrogen (secondary N) is 8. The molecule has 0 spiro atoms. The van der Waals surface area contributed by atoms with Gasteiger partial charge in [-0.25, -0.2) is 4.79 Å². The minimum Gasteiger partial charge on any atom is -0.484 e. The molecule has 32 heteroatoms. The monoisotopic (exact) mass is 1160 g/mol. The van der Waals surface area contributed by atoms with Gasteiger partial charge in [0.05, 0.1) is 45.2 Å². The van der Waals surface area contributed by atoms with Gasteiger partial charge in [-0.15, -0.1) is 0 Å². The summed E-state index contributed by atoms with van der Waals surface area (Å²) < 4.78 is 5.86. The van der Waals surface area contributed by atoms with E-state index in [1.54, 1.807) is 6.07 Å². The number of guanidine groups is 2. The van der Waals surface area contributed by atoms with Crippen LogP contribution in [-0.2, 0) is 59.2 Å². The lowest BCUT2D eigenvalue weighted by molar-refractivity contribution is -0.144. The van der Waals surface area contributed by atoms with Gasteiger partial charge in [0.15, 0.2) is 18.5 Å². The molecule has 3 aliphatic rings. The molecule has 82 heavy (non-hydrogen) atoms. The van der Waals surface area contributed by atoms with Crippen molar-refractivity contribution in [3.8, 4) is 5.75 Å². The number of rotatable bonds is 33. The van der Waals surface area contributed by atoms with Gasteiger partial charge in [0.1, 0.15) is 42.0 Å². The summed E-state index contributed by atoms with van der Waals surface area (Å²) in [6.07, 6.45) is 3.00. The molecule has 0 saturated heterocycles. The Morgan fingerprint density at radius 1 is 0.622 bits per heavy atom. The van der Waals surface area contributed by atoms with Crippen molar-refractivity contribution in [1.29, 1.82) is 0 Å². The van der Waals surface area contributed by atoms with E-state index in [9.17, 15) is 78.3 Å². The lowest BCUT2D eigenvalue weighted by Gasteiger charge is -2.50. The minimum atomic E-state index is -1.94. The Kier molecular flexibility index (Phi) is 25.5. The maximum atomic E-state index is 13.5. The summed E-state index contributed by atoms with van der Waals surface area (Å²) in [4.78, 5) is 148. The Bertz CT molecular complexity index is 2560. The van der Waals surface area contributed by atoms with Crippen LogP contribution in [0.15, 0.2) is 28.2 Å². The molecule has 2 saturated carbocycles. The van der Waals surface area contributed by atoms with Gasteiger partial charge < -0.3 is 101 Å². The molecule has 3 aliphatic carbocycles.